The Morgan fingerprint density at radius 3 is 2.74 bits per heavy atom. The standard InChI is InChI=1S/C15H17NO2S/c1-10(2)12-5-3-4-6-13(12)16-9-11-7-8-19-14(11)15(17)18/h3-8,10,16H,9H2,1-2H3,(H,17,18). The second-order valence-corrected chi connectivity index (χ2v) is 5.59. The normalized spacial score (nSPS) is 10.7. The lowest BCUT2D eigenvalue weighted by Gasteiger charge is -2.14. The van der Waals surface area contributed by atoms with Crippen LogP contribution in [0.5, 0.6) is 0 Å². The Bertz CT molecular complexity index is 575. The Balaban J connectivity index is 2.15. The van der Waals surface area contributed by atoms with Crippen LogP contribution in [0.15, 0.2) is 35.7 Å². The van der Waals surface area contributed by atoms with E-state index in [9.17, 15) is 4.79 Å². The number of aromatic carboxylic acids is 1. The quantitative estimate of drug-likeness (QED) is 0.860. The van der Waals surface area contributed by atoms with Crippen molar-refractivity contribution in [1.29, 1.82) is 0 Å². The number of benzene rings is 1. The van der Waals surface area contributed by atoms with Gasteiger partial charge in [-0.05, 0) is 34.6 Å². The van der Waals surface area contributed by atoms with Crippen molar-refractivity contribution < 1.29 is 9.90 Å². The van der Waals surface area contributed by atoms with E-state index in [1.807, 2.05) is 29.6 Å². The average molecular weight is 275 g/mol. The minimum absolute atomic E-state index is 0.412. The van der Waals surface area contributed by atoms with Gasteiger partial charge in [0.2, 0.25) is 0 Å². The van der Waals surface area contributed by atoms with Crippen LogP contribution >= 0.6 is 11.3 Å². The van der Waals surface area contributed by atoms with Crippen molar-refractivity contribution >= 4 is 23.0 Å². The molecule has 4 heteroatoms. The van der Waals surface area contributed by atoms with Gasteiger partial charge in [-0.1, -0.05) is 32.0 Å². The third kappa shape index (κ3) is 3.15. The molecule has 0 atom stereocenters. The molecule has 19 heavy (non-hydrogen) atoms. The van der Waals surface area contributed by atoms with Crippen molar-refractivity contribution in [3.63, 3.8) is 0 Å². The van der Waals surface area contributed by atoms with Crippen LogP contribution in [-0.4, -0.2) is 11.1 Å². The minimum atomic E-state index is -0.857. The van der Waals surface area contributed by atoms with Gasteiger partial charge in [0.15, 0.2) is 0 Å². The lowest BCUT2D eigenvalue weighted by molar-refractivity contribution is 0.0701. The van der Waals surface area contributed by atoms with E-state index in [1.54, 1.807) is 0 Å². The van der Waals surface area contributed by atoms with Gasteiger partial charge in [-0.3, -0.25) is 0 Å². The van der Waals surface area contributed by atoms with E-state index in [2.05, 4.69) is 25.2 Å². The molecule has 1 heterocycles. The molecule has 1 aromatic heterocycles. The molecule has 0 fully saturated rings. The molecule has 0 aliphatic rings. The first-order chi connectivity index (χ1) is 9.09. The smallest absolute Gasteiger partial charge is 0.346 e. The molecule has 0 aliphatic heterocycles. The summed E-state index contributed by atoms with van der Waals surface area (Å²) in [5, 5.41) is 14.2. The zero-order chi connectivity index (χ0) is 13.8. The lowest BCUT2D eigenvalue weighted by atomic mass is 10.0. The number of rotatable bonds is 5. The summed E-state index contributed by atoms with van der Waals surface area (Å²) in [7, 11) is 0. The lowest BCUT2D eigenvalue weighted by Crippen LogP contribution is -2.06. The molecule has 0 bridgehead atoms. The first-order valence-electron chi connectivity index (χ1n) is 6.22. The molecule has 2 rings (SSSR count). The van der Waals surface area contributed by atoms with Gasteiger partial charge in [-0.2, -0.15) is 0 Å². The number of para-hydroxylation sites is 1. The predicted octanol–water partition coefficient (Wildman–Crippen LogP) is 4.18. The van der Waals surface area contributed by atoms with E-state index in [0.717, 1.165) is 11.3 Å². The number of nitrogens with one attached hydrogen (secondary N) is 1. The highest BCUT2D eigenvalue weighted by Gasteiger charge is 2.12. The monoisotopic (exact) mass is 275 g/mol. The zero-order valence-corrected chi connectivity index (χ0v) is 11.8. The number of carbonyl (C=O) groups is 1. The van der Waals surface area contributed by atoms with E-state index in [1.165, 1.54) is 16.9 Å². The van der Waals surface area contributed by atoms with Gasteiger partial charge in [0.05, 0.1) is 0 Å². The topological polar surface area (TPSA) is 49.3 Å². The van der Waals surface area contributed by atoms with Crippen molar-refractivity contribution in [3.8, 4) is 0 Å². The summed E-state index contributed by atoms with van der Waals surface area (Å²) in [6.45, 7) is 4.83. The second-order valence-electron chi connectivity index (χ2n) is 4.68. The Morgan fingerprint density at radius 1 is 1.32 bits per heavy atom. The first-order valence-corrected chi connectivity index (χ1v) is 7.10. The van der Waals surface area contributed by atoms with Crippen molar-refractivity contribution in [3.05, 3.63) is 51.7 Å². The molecule has 2 N–H and O–H groups in total. The summed E-state index contributed by atoms with van der Waals surface area (Å²) in [6, 6.07) is 9.99. The van der Waals surface area contributed by atoms with Gasteiger partial charge < -0.3 is 10.4 Å². The van der Waals surface area contributed by atoms with Crippen LogP contribution in [0.25, 0.3) is 0 Å². The van der Waals surface area contributed by atoms with E-state index in [-0.39, 0.29) is 0 Å². The molecule has 2 aromatic rings. The van der Waals surface area contributed by atoms with Crippen LogP contribution in [-0.2, 0) is 6.54 Å². The molecule has 0 aliphatic carbocycles. The van der Waals surface area contributed by atoms with E-state index in [0.29, 0.717) is 17.3 Å². The highest BCUT2D eigenvalue weighted by Crippen LogP contribution is 2.25. The second kappa shape index (κ2) is 5.89. The molecular formula is C15H17NO2S. The number of anilines is 1. The van der Waals surface area contributed by atoms with Crippen molar-refractivity contribution in [2.24, 2.45) is 0 Å². The van der Waals surface area contributed by atoms with Crippen molar-refractivity contribution in [1.82, 2.24) is 0 Å². The number of hydrogen-bond donors (Lipinski definition) is 2. The Kier molecular flexibility index (Phi) is 4.22. The SMILES string of the molecule is CC(C)c1ccccc1NCc1ccsc1C(=O)O. The zero-order valence-electron chi connectivity index (χ0n) is 11.0. The van der Waals surface area contributed by atoms with Crippen molar-refractivity contribution in [2.75, 3.05) is 5.32 Å². The summed E-state index contributed by atoms with van der Waals surface area (Å²) >= 11 is 1.26. The van der Waals surface area contributed by atoms with Crippen molar-refractivity contribution in [2.45, 2.75) is 26.3 Å². The maximum atomic E-state index is 11.1. The number of hydrogen-bond acceptors (Lipinski definition) is 3. The van der Waals surface area contributed by atoms with Gasteiger partial charge >= 0.3 is 5.97 Å². The largest absolute Gasteiger partial charge is 0.477 e. The Hall–Kier alpha value is -1.81. The number of thiophene rings is 1. The Morgan fingerprint density at radius 2 is 2.05 bits per heavy atom. The Labute approximate surface area is 116 Å². The molecule has 100 valence electrons. The van der Waals surface area contributed by atoms with Gasteiger partial charge in [-0.25, -0.2) is 4.79 Å². The maximum Gasteiger partial charge on any atom is 0.346 e. The van der Waals surface area contributed by atoms with Crippen LogP contribution in [0, 0.1) is 0 Å². The third-order valence-corrected chi connectivity index (χ3v) is 3.94. The molecule has 0 amide bonds. The minimum Gasteiger partial charge on any atom is -0.477 e. The fraction of sp³-hybridized carbons (Fsp3) is 0.267. The molecular weight excluding hydrogens is 258 g/mol. The number of carboxylic acid groups (broad SMARTS) is 1. The highest BCUT2D eigenvalue weighted by molar-refractivity contribution is 7.12. The molecule has 0 unspecified atom stereocenters. The third-order valence-electron chi connectivity index (χ3n) is 2.99. The summed E-state index contributed by atoms with van der Waals surface area (Å²) in [5.41, 5.74) is 3.14. The summed E-state index contributed by atoms with van der Waals surface area (Å²) in [4.78, 5) is 11.5. The van der Waals surface area contributed by atoms with Gasteiger partial charge in [0.1, 0.15) is 4.88 Å². The molecule has 0 saturated carbocycles. The molecule has 0 saturated heterocycles. The van der Waals surface area contributed by atoms with E-state index < -0.39 is 5.97 Å². The van der Waals surface area contributed by atoms with Crippen LogP contribution < -0.4 is 5.32 Å². The van der Waals surface area contributed by atoms with E-state index in [4.69, 9.17) is 5.11 Å². The molecule has 0 radical (unpaired) electrons. The van der Waals surface area contributed by atoms with Gasteiger partial charge in [0.25, 0.3) is 0 Å². The molecule has 1 aromatic carbocycles. The van der Waals surface area contributed by atoms with Crippen LogP contribution in [0.2, 0.25) is 0 Å². The average Bonchev–Trinajstić information content (AvgIpc) is 2.85. The van der Waals surface area contributed by atoms with E-state index >= 15 is 0 Å². The summed E-state index contributed by atoms with van der Waals surface area (Å²) < 4.78 is 0. The van der Waals surface area contributed by atoms with Gasteiger partial charge in [0, 0.05) is 12.2 Å². The summed E-state index contributed by atoms with van der Waals surface area (Å²) in [6.07, 6.45) is 0. The van der Waals surface area contributed by atoms with Crippen LogP contribution in [0.3, 0.4) is 0 Å². The number of carboxylic acids is 1. The molecule has 0 spiro atoms. The highest BCUT2D eigenvalue weighted by atomic mass is 32.1. The van der Waals surface area contributed by atoms with Crippen LogP contribution in [0.1, 0.15) is 40.6 Å². The first kappa shape index (κ1) is 13.6. The van der Waals surface area contributed by atoms with Crippen LogP contribution in [0.4, 0.5) is 5.69 Å². The fourth-order valence-electron chi connectivity index (χ4n) is 2.01. The fourth-order valence-corrected chi connectivity index (χ4v) is 2.78. The predicted molar refractivity (Wildman–Crippen MR) is 79.1 cm³/mol. The summed E-state index contributed by atoms with van der Waals surface area (Å²) in [5.74, 6) is -0.422. The maximum absolute atomic E-state index is 11.1. The molecule has 3 nitrogen and oxygen atoms in total. The van der Waals surface area contributed by atoms with Gasteiger partial charge in [-0.15, -0.1) is 11.3 Å².